The monoisotopic (exact) mass is 502 g/mol. The van der Waals surface area contributed by atoms with Crippen LogP contribution in [0.3, 0.4) is 0 Å². The van der Waals surface area contributed by atoms with Crippen molar-refractivity contribution < 1.29 is 17.9 Å². The van der Waals surface area contributed by atoms with E-state index >= 15 is 0 Å². The van der Waals surface area contributed by atoms with Crippen LogP contribution >= 0.6 is 15.9 Å². The number of carbonyl (C=O) groups is 1. The number of halogens is 1. The number of aryl methyl sites for hydroxylation is 1. The first kappa shape index (κ1) is 22.8. The van der Waals surface area contributed by atoms with Gasteiger partial charge < -0.3 is 10.1 Å². The molecule has 6 nitrogen and oxygen atoms in total. The number of hydrogen-bond donors (Lipinski definition) is 1. The highest BCUT2D eigenvalue weighted by Crippen LogP contribution is 2.25. The second-order valence-corrected chi connectivity index (χ2v) is 9.54. The SMILES string of the molecule is Cc1ccccc1OCCNC(=O)CN(c1ccc(Br)cc1)S(=O)(=O)c1ccccc1. The van der Waals surface area contributed by atoms with Crippen molar-refractivity contribution in [2.24, 2.45) is 0 Å². The largest absolute Gasteiger partial charge is 0.491 e. The summed E-state index contributed by atoms with van der Waals surface area (Å²) in [7, 11) is -3.92. The molecular weight excluding hydrogens is 480 g/mol. The summed E-state index contributed by atoms with van der Waals surface area (Å²) >= 11 is 3.35. The van der Waals surface area contributed by atoms with Gasteiger partial charge in [-0.15, -0.1) is 0 Å². The number of nitrogens with zero attached hydrogens (tertiary/aromatic N) is 1. The lowest BCUT2D eigenvalue weighted by Crippen LogP contribution is -2.41. The lowest BCUT2D eigenvalue weighted by molar-refractivity contribution is -0.119. The first-order valence-electron chi connectivity index (χ1n) is 9.66. The number of benzene rings is 3. The smallest absolute Gasteiger partial charge is 0.264 e. The molecule has 0 aromatic heterocycles. The van der Waals surface area contributed by atoms with Gasteiger partial charge in [0.25, 0.3) is 10.0 Å². The van der Waals surface area contributed by atoms with Crippen molar-refractivity contribution in [1.29, 1.82) is 0 Å². The number of sulfonamides is 1. The molecule has 0 unspecified atom stereocenters. The van der Waals surface area contributed by atoms with E-state index in [1.807, 2.05) is 31.2 Å². The van der Waals surface area contributed by atoms with Gasteiger partial charge in [-0.1, -0.05) is 52.3 Å². The fourth-order valence-corrected chi connectivity index (χ4v) is 4.60. The lowest BCUT2D eigenvalue weighted by Gasteiger charge is -2.24. The third kappa shape index (κ3) is 6.08. The zero-order valence-corrected chi connectivity index (χ0v) is 19.4. The molecule has 1 N–H and O–H groups in total. The molecule has 3 aromatic rings. The maximum Gasteiger partial charge on any atom is 0.264 e. The third-order valence-corrected chi connectivity index (χ3v) is 6.83. The van der Waals surface area contributed by atoms with Crippen molar-refractivity contribution in [3.63, 3.8) is 0 Å². The molecule has 0 radical (unpaired) electrons. The van der Waals surface area contributed by atoms with E-state index in [0.29, 0.717) is 5.69 Å². The Morgan fingerprint density at radius 3 is 2.29 bits per heavy atom. The number of amides is 1. The fraction of sp³-hybridized carbons (Fsp3) is 0.174. The van der Waals surface area contributed by atoms with Crippen LogP contribution in [-0.4, -0.2) is 34.0 Å². The van der Waals surface area contributed by atoms with Crippen molar-refractivity contribution >= 4 is 37.5 Å². The van der Waals surface area contributed by atoms with Crippen LogP contribution in [0.2, 0.25) is 0 Å². The number of para-hydroxylation sites is 1. The van der Waals surface area contributed by atoms with E-state index in [1.54, 1.807) is 42.5 Å². The van der Waals surface area contributed by atoms with Gasteiger partial charge >= 0.3 is 0 Å². The van der Waals surface area contributed by atoms with Crippen LogP contribution in [0.5, 0.6) is 5.75 Å². The molecule has 0 atom stereocenters. The molecule has 0 aliphatic heterocycles. The minimum atomic E-state index is -3.92. The van der Waals surface area contributed by atoms with E-state index in [2.05, 4.69) is 21.2 Å². The summed E-state index contributed by atoms with van der Waals surface area (Å²) in [5.41, 5.74) is 1.41. The molecule has 0 saturated carbocycles. The Labute approximate surface area is 191 Å². The summed E-state index contributed by atoms with van der Waals surface area (Å²) in [6, 6.07) is 22.4. The van der Waals surface area contributed by atoms with E-state index in [-0.39, 0.29) is 24.6 Å². The first-order valence-corrected chi connectivity index (χ1v) is 11.9. The van der Waals surface area contributed by atoms with E-state index in [1.165, 1.54) is 12.1 Å². The Morgan fingerprint density at radius 2 is 1.61 bits per heavy atom. The Morgan fingerprint density at radius 1 is 0.968 bits per heavy atom. The summed E-state index contributed by atoms with van der Waals surface area (Å²) in [6.07, 6.45) is 0. The molecular formula is C23H23BrN2O4S. The van der Waals surface area contributed by atoms with Crippen LogP contribution in [0.1, 0.15) is 5.56 Å². The first-order chi connectivity index (χ1) is 14.9. The van der Waals surface area contributed by atoms with E-state index in [4.69, 9.17) is 4.74 Å². The van der Waals surface area contributed by atoms with Gasteiger partial charge in [0, 0.05) is 4.47 Å². The summed E-state index contributed by atoms with van der Waals surface area (Å²) in [6.45, 7) is 2.13. The normalized spacial score (nSPS) is 11.0. The van der Waals surface area contributed by atoms with Crippen molar-refractivity contribution in [2.75, 3.05) is 24.0 Å². The number of hydrogen-bond acceptors (Lipinski definition) is 4. The van der Waals surface area contributed by atoms with Crippen LogP contribution in [0.4, 0.5) is 5.69 Å². The van der Waals surface area contributed by atoms with Crippen molar-refractivity contribution in [3.8, 4) is 5.75 Å². The molecule has 0 spiro atoms. The molecule has 0 aliphatic carbocycles. The molecule has 0 heterocycles. The third-order valence-electron chi connectivity index (χ3n) is 4.51. The highest BCUT2D eigenvalue weighted by molar-refractivity contribution is 9.10. The number of anilines is 1. The molecule has 1 amide bonds. The zero-order valence-electron chi connectivity index (χ0n) is 17.0. The summed E-state index contributed by atoms with van der Waals surface area (Å²) in [4.78, 5) is 12.7. The van der Waals surface area contributed by atoms with Crippen LogP contribution in [0, 0.1) is 6.92 Å². The predicted octanol–water partition coefficient (Wildman–Crippen LogP) is 4.15. The predicted molar refractivity (Wildman–Crippen MR) is 125 cm³/mol. The molecule has 0 aliphatic rings. The molecule has 3 aromatic carbocycles. The molecule has 0 fully saturated rings. The fourth-order valence-electron chi connectivity index (χ4n) is 2.90. The quantitative estimate of drug-likeness (QED) is 0.446. The van der Waals surface area contributed by atoms with Crippen LogP contribution < -0.4 is 14.4 Å². The minimum absolute atomic E-state index is 0.119. The van der Waals surface area contributed by atoms with Gasteiger partial charge in [0.2, 0.25) is 5.91 Å². The van der Waals surface area contributed by atoms with Gasteiger partial charge in [-0.3, -0.25) is 9.10 Å². The van der Waals surface area contributed by atoms with Crippen LogP contribution in [0.25, 0.3) is 0 Å². The number of rotatable bonds is 9. The molecule has 162 valence electrons. The standard InChI is InChI=1S/C23H23BrN2O4S/c1-18-7-5-6-10-22(18)30-16-15-25-23(27)17-26(20-13-11-19(24)12-14-20)31(28,29)21-8-3-2-4-9-21/h2-14H,15-17H2,1H3,(H,25,27). The van der Waals surface area contributed by atoms with Crippen LogP contribution in [-0.2, 0) is 14.8 Å². The van der Waals surface area contributed by atoms with Crippen molar-refractivity contribution in [1.82, 2.24) is 5.32 Å². The zero-order chi connectivity index (χ0) is 22.3. The van der Waals surface area contributed by atoms with Crippen LogP contribution in [0.15, 0.2) is 88.2 Å². The summed E-state index contributed by atoms with van der Waals surface area (Å²) < 4.78 is 34.0. The van der Waals surface area contributed by atoms with Crippen molar-refractivity contribution in [2.45, 2.75) is 11.8 Å². The van der Waals surface area contributed by atoms with Gasteiger partial charge in [-0.25, -0.2) is 8.42 Å². The molecule has 0 saturated heterocycles. The highest BCUT2D eigenvalue weighted by Gasteiger charge is 2.27. The maximum absolute atomic E-state index is 13.2. The van der Waals surface area contributed by atoms with Gasteiger partial charge in [0.1, 0.15) is 18.9 Å². The average Bonchev–Trinajstić information content (AvgIpc) is 2.77. The Bertz CT molecular complexity index is 1120. The number of nitrogens with one attached hydrogen (secondary N) is 1. The Kier molecular flexibility index (Phi) is 7.70. The van der Waals surface area contributed by atoms with E-state index in [9.17, 15) is 13.2 Å². The molecule has 0 bridgehead atoms. The highest BCUT2D eigenvalue weighted by atomic mass is 79.9. The second-order valence-electron chi connectivity index (χ2n) is 6.77. The average molecular weight is 503 g/mol. The Hall–Kier alpha value is -2.84. The van der Waals surface area contributed by atoms with E-state index < -0.39 is 15.9 Å². The van der Waals surface area contributed by atoms with Crippen molar-refractivity contribution in [3.05, 3.63) is 88.9 Å². The maximum atomic E-state index is 13.2. The van der Waals surface area contributed by atoms with Gasteiger partial charge in [0.05, 0.1) is 17.1 Å². The minimum Gasteiger partial charge on any atom is -0.491 e. The van der Waals surface area contributed by atoms with Gasteiger partial charge in [-0.05, 0) is 55.0 Å². The lowest BCUT2D eigenvalue weighted by atomic mass is 10.2. The second kappa shape index (κ2) is 10.5. The molecule has 3 rings (SSSR count). The topological polar surface area (TPSA) is 75.7 Å². The molecule has 8 heteroatoms. The summed E-state index contributed by atoms with van der Waals surface area (Å²) in [5.74, 6) is 0.329. The number of ether oxygens (including phenoxy) is 1. The van der Waals surface area contributed by atoms with Gasteiger partial charge in [0.15, 0.2) is 0 Å². The van der Waals surface area contributed by atoms with E-state index in [0.717, 1.165) is 20.1 Å². The van der Waals surface area contributed by atoms with Gasteiger partial charge in [-0.2, -0.15) is 0 Å². The Balaban J connectivity index is 1.69. The summed E-state index contributed by atoms with van der Waals surface area (Å²) in [5, 5.41) is 2.73. The molecule has 31 heavy (non-hydrogen) atoms. The number of carbonyl (C=O) groups excluding carboxylic acids is 1.